The number of amidine groups is 1. The van der Waals surface area contributed by atoms with Gasteiger partial charge in [-0.15, -0.1) is 0 Å². The van der Waals surface area contributed by atoms with E-state index in [0.29, 0.717) is 5.70 Å². The van der Waals surface area contributed by atoms with Crippen LogP contribution in [0.15, 0.2) is 35.6 Å². The fraction of sp³-hybridized carbons (Fsp3) is 0.250. The number of nitrogens with two attached hydrogens (primary N) is 1. The van der Waals surface area contributed by atoms with Gasteiger partial charge in [0.15, 0.2) is 5.84 Å². The molecule has 1 rings (SSSR count). The lowest BCUT2D eigenvalue weighted by molar-refractivity contribution is 0.0696. The van der Waals surface area contributed by atoms with Crippen LogP contribution in [0.3, 0.4) is 0 Å². The molecular weight excluding hydrogens is 218 g/mol. The molecule has 0 amide bonds. The molecule has 0 aliphatic heterocycles. The Morgan fingerprint density at radius 2 is 2.24 bits per heavy atom. The largest absolute Gasteiger partial charge is 0.478 e. The molecular formula is C12H15N3O2. The zero-order chi connectivity index (χ0) is 13.0. The molecule has 5 nitrogen and oxygen atoms in total. The van der Waals surface area contributed by atoms with Gasteiger partial charge >= 0.3 is 5.97 Å². The van der Waals surface area contributed by atoms with Gasteiger partial charge in [0.1, 0.15) is 5.69 Å². The van der Waals surface area contributed by atoms with Crippen LogP contribution in [0.2, 0.25) is 0 Å². The molecule has 90 valence electrons. The number of carboxylic acids is 1. The smallest absolute Gasteiger partial charge is 0.338 e. The maximum atomic E-state index is 11.0. The van der Waals surface area contributed by atoms with Crippen LogP contribution >= 0.6 is 0 Å². The molecule has 0 atom stereocenters. The lowest BCUT2D eigenvalue weighted by atomic mass is 10.1. The molecule has 1 aromatic heterocycles. The first-order valence-corrected chi connectivity index (χ1v) is 5.15. The van der Waals surface area contributed by atoms with E-state index >= 15 is 0 Å². The maximum absolute atomic E-state index is 11.0. The van der Waals surface area contributed by atoms with E-state index in [9.17, 15) is 4.79 Å². The van der Waals surface area contributed by atoms with Crippen LogP contribution in [0.25, 0.3) is 0 Å². The molecule has 5 heteroatoms. The third-order valence-corrected chi connectivity index (χ3v) is 2.21. The normalized spacial score (nSPS) is 11.6. The molecule has 0 saturated carbocycles. The van der Waals surface area contributed by atoms with E-state index < -0.39 is 5.97 Å². The molecule has 0 aliphatic carbocycles. The highest BCUT2D eigenvalue weighted by atomic mass is 16.4. The average Bonchev–Trinajstić information content (AvgIpc) is 2.28. The van der Waals surface area contributed by atoms with E-state index in [1.54, 1.807) is 0 Å². The number of pyridine rings is 1. The standard InChI is InChI=1S/C12H15N3O2/c1-7(2)8(3)15-11(13)10-9(12(16)17)5-4-6-14-10/h4-7H,3H2,1-2H3,(H2,13,15)(H,16,17). The van der Waals surface area contributed by atoms with Crippen molar-refractivity contribution in [1.29, 1.82) is 0 Å². The van der Waals surface area contributed by atoms with E-state index in [0.717, 1.165) is 0 Å². The zero-order valence-electron chi connectivity index (χ0n) is 9.84. The monoisotopic (exact) mass is 233 g/mol. The summed E-state index contributed by atoms with van der Waals surface area (Å²) >= 11 is 0. The van der Waals surface area contributed by atoms with Gasteiger partial charge in [0.25, 0.3) is 0 Å². The Bertz CT molecular complexity index is 478. The molecule has 0 fully saturated rings. The molecule has 0 aromatic carbocycles. The van der Waals surface area contributed by atoms with Crippen LogP contribution in [0.4, 0.5) is 0 Å². The number of aromatic carboxylic acids is 1. The molecule has 1 aromatic rings. The van der Waals surface area contributed by atoms with Gasteiger partial charge in [-0.2, -0.15) is 0 Å². The molecule has 0 unspecified atom stereocenters. The SMILES string of the molecule is C=C(N=C(N)c1ncccc1C(=O)O)C(C)C. The van der Waals surface area contributed by atoms with Crippen LogP contribution in [0.5, 0.6) is 0 Å². The first-order chi connectivity index (χ1) is 7.93. The fourth-order valence-corrected chi connectivity index (χ4v) is 1.12. The van der Waals surface area contributed by atoms with Gasteiger partial charge in [-0.1, -0.05) is 20.4 Å². The molecule has 3 N–H and O–H groups in total. The lowest BCUT2D eigenvalue weighted by Crippen LogP contribution is -2.20. The number of rotatable bonds is 4. The van der Waals surface area contributed by atoms with Crippen LogP contribution in [-0.4, -0.2) is 21.9 Å². The van der Waals surface area contributed by atoms with E-state index in [-0.39, 0.29) is 23.0 Å². The van der Waals surface area contributed by atoms with Crippen LogP contribution in [0.1, 0.15) is 29.9 Å². The van der Waals surface area contributed by atoms with Crippen molar-refractivity contribution >= 4 is 11.8 Å². The predicted octanol–water partition coefficient (Wildman–Crippen LogP) is 1.65. The van der Waals surface area contributed by atoms with Gasteiger partial charge in [0, 0.05) is 11.9 Å². The number of allylic oxidation sites excluding steroid dienone is 1. The third-order valence-electron chi connectivity index (χ3n) is 2.21. The van der Waals surface area contributed by atoms with Crippen molar-refractivity contribution in [3.63, 3.8) is 0 Å². The minimum absolute atomic E-state index is 0.0327. The summed E-state index contributed by atoms with van der Waals surface area (Å²) in [7, 11) is 0. The quantitative estimate of drug-likeness (QED) is 0.611. The highest BCUT2D eigenvalue weighted by molar-refractivity contribution is 6.05. The third kappa shape index (κ3) is 3.14. The number of nitrogens with zero attached hydrogens (tertiary/aromatic N) is 2. The molecule has 17 heavy (non-hydrogen) atoms. The highest BCUT2D eigenvalue weighted by Gasteiger charge is 2.14. The Morgan fingerprint density at radius 3 is 2.76 bits per heavy atom. The second-order valence-electron chi connectivity index (χ2n) is 3.85. The van der Waals surface area contributed by atoms with Gasteiger partial charge < -0.3 is 10.8 Å². The summed E-state index contributed by atoms with van der Waals surface area (Å²) in [6.07, 6.45) is 1.47. The Labute approximate surface area is 99.7 Å². The summed E-state index contributed by atoms with van der Waals surface area (Å²) in [6, 6.07) is 2.97. The Morgan fingerprint density at radius 1 is 1.59 bits per heavy atom. The highest BCUT2D eigenvalue weighted by Crippen LogP contribution is 2.11. The topological polar surface area (TPSA) is 88.6 Å². The maximum Gasteiger partial charge on any atom is 0.338 e. The van der Waals surface area contributed by atoms with E-state index in [4.69, 9.17) is 10.8 Å². The number of hydrogen-bond donors (Lipinski definition) is 2. The van der Waals surface area contributed by atoms with E-state index in [1.165, 1.54) is 18.3 Å². The summed E-state index contributed by atoms with van der Waals surface area (Å²) in [5, 5.41) is 8.98. The van der Waals surface area contributed by atoms with Crippen LogP contribution < -0.4 is 5.73 Å². The lowest BCUT2D eigenvalue weighted by Gasteiger charge is -2.07. The summed E-state index contributed by atoms with van der Waals surface area (Å²) < 4.78 is 0. The molecule has 0 radical (unpaired) electrons. The van der Waals surface area contributed by atoms with Gasteiger partial charge in [0.05, 0.1) is 5.56 Å². The van der Waals surface area contributed by atoms with Crippen molar-refractivity contribution < 1.29 is 9.90 Å². The number of aromatic nitrogens is 1. The molecule has 0 aliphatic rings. The van der Waals surface area contributed by atoms with Crippen molar-refractivity contribution in [3.05, 3.63) is 41.9 Å². The van der Waals surface area contributed by atoms with Gasteiger partial charge in [-0.3, -0.25) is 4.98 Å². The predicted molar refractivity (Wildman–Crippen MR) is 65.9 cm³/mol. The fourth-order valence-electron chi connectivity index (χ4n) is 1.12. The van der Waals surface area contributed by atoms with Crippen molar-refractivity contribution in [3.8, 4) is 0 Å². The van der Waals surface area contributed by atoms with E-state index in [2.05, 4.69) is 16.6 Å². The first kappa shape index (κ1) is 12.9. The van der Waals surface area contributed by atoms with Gasteiger partial charge in [-0.05, 0) is 18.1 Å². The Balaban J connectivity index is 3.16. The summed E-state index contributed by atoms with van der Waals surface area (Å²) in [5.74, 6) is -0.867. The van der Waals surface area contributed by atoms with Crippen molar-refractivity contribution in [2.75, 3.05) is 0 Å². The zero-order valence-corrected chi connectivity index (χ0v) is 9.84. The second-order valence-corrected chi connectivity index (χ2v) is 3.85. The van der Waals surface area contributed by atoms with Crippen molar-refractivity contribution in [2.24, 2.45) is 16.6 Å². The number of aliphatic imine (C=N–C) groups is 1. The van der Waals surface area contributed by atoms with Crippen molar-refractivity contribution in [2.45, 2.75) is 13.8 Å². The van der Waals surface area contributed by atoms with Gasteiger partial charge in [0.2, 0.25) is 0 Å². The van der Waals surface area contributed by atoms with Crippen molar-refractivity contribution in [1.82, 2.24) is 4.98 Å². The summed E-state index contributed by atoms with van der Waals surface area (Å²) in [4.78, 5) is 19.0. The molecule has 0 saturated heterocycles. The van der Waals surface area contributed by atoms with E-state index in [1.807, 2.05) is 13.8 Å². The second kappa shape index (κ2) is 5.25. The number of carboxylic acid groups (broad SMARTS) is 1. The minimum Gasteiger partial charge on any atom is -0.478 e. The first-order valence-electron chi connectivity index (χ1n) is 5.15. The molecule has 0 bridgehead atoms. The summed E-state index contributed by atoms with van der Waals surface area (Å²) in [6.45, 7) is 7.60. The minimum atomic E-state index is -1.08. The molecule has 1 heterocycles. The van der Waals surface area contributed by atoms with Crippen LogP contribution in [-0.2, 0) is 0 Å². The average molecular weight is 233 g/mol. The Hall–Kier alpha value is -2.17. The summed E-state index contributed by atoms with van der Waals surface area (Å²) in [5.41, 5.74) is 6.52. The number of hydrogen-bond acceptors (Lipinski definition) is 3. The van der Waals surface area contributed by atoms with Gasteiger partial charge in [-0.25, -0.2) is 9.79 Å². The Kier molecular flexibility index (Phi) is 3.98. The van der Waals surface area contributed by atoms with Crippen LogP contribution in [0, 0.1) is 5.92 Å². The number of carbonyl (C=O) groups is 1. The molecule has 0 spiro atoms.